The quantitative estimate of drug-likeness (QED) is 0.285. The lowest BCUT2D eigenvalue weighted by Gasteiger charge is -2.34. The molecule has 3 N–H and O–H groups in total. The molecule has 4 rings (SSSR count). The maximum absolute atomic E-state index is 13.4. The number of hydrogen-bond acceptors (Lipinski definition) is 6. The Balaban J connectivity index is 1.53. The van der Waals surface area contributed by atoms with Gasteiger partial charge in [-0.25, -0.2) is 4.79 Å². The average Bonchev–Trinajstić information content (AvgIpc) is 2.93. The zero-order valence-electron chi connectivity index (χ0n) is 21.0. The number of halogens is 1. The van der Waals surface area contributed by atoms with E-state index in [1.165, 1.54) is 0 Å². The van der Waals surface area contributed by atoms with Crippen LogP contribution in [0.15, 0.2) is 71.2 Å². The third kappa shape index (κ3) is 7.04. The van der Waals surface area contributed by atoms with E-state index in [0.717, 1.165) is 10.0 Å². The number of carbonyl (C=O) groups excluding carboxylic acids is 2. The SMILES string of the molecule is CCOC(=O)N1CCN(C(=O)c2cc(OCc3ccc(Br)cc3)cc(Oc3ccc(C(=N)N)cc3)c2)CC1. The van der Waals surface area contributed by atoms with Gasteiger partial charge in [-0.2, -0.15) is 0 Å². The molecule has 3 aromatic carbocycles. The van der Waals surface area contributed by atoms with E-state index in [2.05, 4.69) is 15.9 Å². The molecule has 38 heavy (non-hydrogen) atoms. The lowest BCUT2D eigenvalue weighted by Crippen LogP contribution is -2.50. The van der Waals surface area contributed by atoms with Crippen molar-refractivity contribution in [3.8, 4) is 17.2 Å². The minimum Gasteiger partial charge on any atom is -0.489 e. The van der Waals surface area contributed by atoms with E-state index < -0.39 is 0 Å². The fourth-order valence-electron chi connectivity index (χ4n) is 3.91. The van der Waals surface area contributed by atoms with E-state index in [9.17, 15) is 9.59 Å². The van der Waals surface area contributed by atoms with Crippen molar-refractivity contribution in [3.63, 3.8) is 0 Å². The molecule has 0 bridgehead atoms. The number of hydrogen-bond donors (Lipinski definition) is 2. The van der Waals surface area contributed by atoms with E-state index >= 15 is 0 Å². The third-order valence-corrected chi connectivity index (χ3v) is 6.47. The van der Waals surface area contributed by atoms with Crippen molar-refractivity contribution in [3.05, 3.63) is 87.9 Å². The number of amides is 2. The zero-order valence-corrected chi connectivity index (χ0v) is 22.6. The van der Waals surface area contributed by atoms with Gasteiger partial charge in [0.15, 0.2) is 0 Å². The molecular formula is C28H29BrN4O5. The molecule has 3 aromatic rings. The average molecular weight is 581 g/mol. The van der Waals surface area contributed by atoms with Crippen LogP contribution in [-0.2, 0) is 11.3 Å². The van der Waals surface area contributed by atoms with Gasteiger partial charge in [0.1, 0.15) is 29.7 Å². The van der Waals surface area contributed by atoms with Gasteiger partial charge in [-0.05, 0) is 61.0 Å². The zero-order chi connectivity index (χ0) is 27.1. The monoisotopic (exact) mass is 580 g/mol. The Bertz CT molecular complexity index is 1290. The van der Waals surface area contributed by atoms with Crippen molar-refractivity contribution >= 4 is 33.8 Å². The predicted molar refractivity (Wildman–Crippen MR) is 147 cm³/mol. The second kappa shape index (κ2) is 12.5. The van der Waals surface area contributed by atoms with E-state index in [-0.39, 0.29) is 17.8 Å². The maximum atomic E-state index is 13.4. The van der Waals surface area contributed by atoms with Crippen LogP contribution in [0, 0.1) is 5.41 Å². The number of nitrogen functional groups attached to an aromatic ring is 1. The van der Waals surface area contributed by atoms with E-state index in [0.29, 0.717) is 67.8 Å². The summed E-state index contributed by atoms with van der Waals surface area (Å²) in [5.41, 5.74) is 7.52. The molecule has 2 amide bonds. The number of carbonyl (C=O) groups is 2. The summed E-state index contributed by atoms with van der Waals surface area (Å²) in [5, 5.41) is 7.56. The van der Waals surface area contributed by atoms with Gasteiger partial charge >= 0.3 is 6.09 Å². The summed E-state index contributed by atoms with van der Waals surface area (Å²) < 4.78 is 18.1. The van der Waals surface area contributed by atoms with E-state index in [1.807, 2.05) is 24.3 Å². The molecule has 1 fully saturated rings. The van der Waals surface area contributed by atoms with Gasteiger partial charge in [-0.1, -0.05) is 28.1 Å². The molecule has 198 valence electrons. The van der Waals surface area contributed by atoms with Gasteiger partial charge in [0.25, 0.3) is 5.91 Å². The van der Waals surface area contributed by atoms with Crippen molar-refractivity contribution in [2.24, 2.45) is 5.73 Å². The van der Waals surface area contributed by atoms with Crippen LogP contribution in [-0.4, -0.2) is 60.4 Å². The topological polar surface area (TPSA) is 118 Å². The minimum atomic E-state index is -0.366. The Hall–Kier alpha value is -4.05. The molecule has 1 aliphatic heterocycles. The van der Waals surface area contributed by atoms with Crippen LogP contribution in [0.3, 0.4) is 0 Å². The number of piperazine rings is 1. The van der Waals surface area contributed by atoms with Crippen LogP contribution >= 0.6 is 15.9 Å². The molecule has 0 unspecified atom stereocenters. The molecule has 0 saturated carbocycles. The van der Waals surface area contributed by atoms with E-state index in [1.54, 1.807) is 59.2 Å². The van der Waals surface area contributed by atoms with Gasteiger partial charge < -0.3 is 29.7 Å². The standard InChI is InChI=1S/C28H29BrN4O5/c1-2-36-28(35)33-13-11-32(12-14-33)27(34)21-15-24(37-18-19-3-7-22(29)8-4-19)17-25(16-21)38-23-9-5-20(6-10-23)26(30)31/h3-10,15-17H,2,11-14,18H2,1H3,(H3,30,31). The number of rotatable bonds is 8. The summed E-state index contributed by atoms with van der Waals surface area (Å²) in [5.74, 6) is 1.23. The number of nitrogens with one attached hydrogen (secondary N) is 1. The Labute approximate surface area is 229 Å². The molecule has 1 saturated heterocycles. The fraction of sp³-hybridized carbons (Fsp3) is 0.250. The molecule has 0 spiro atoms. The highest BCUT2D eigenvalue weighted by atomic mass is 79.9. The molecule has 10 heteroatoms. The molecule has 0 atom stereocenters. The first-order valence-electron chi connectivity index (χ1n) is 12.2. The van der Waals surface area contributed by atoms with Gasteiger partial charge in [0.05, 0.1) is 6.61 Å². The molecular weight excluding hydrogens is 552 g/mol. The Morgan fingerprint density at radius 1 is 0.868 bits per heavy atom. The number of ether oxygens (including phenoxy) is 3. The van der Waals surface area contributed by atoms with Crippen molar-refractivity contribution in [1.82, 2.24) is 9.80 Å². The second-order valence-electron chi connectivity index (χ2n) is 8.63. The van der Waals surface area contributed by atoms with Gasteiger partial charge in [0, 0.05) is 47.8 Å². The lowest BCUT2D eigenvalue weighted by atomic mass is 10.1. The van der Waals surface area contributed by atoms with E-state index in [4.69, 9.17) is 25.4 Å². The summed E-state index contributed by atoms with van der Waals surface area (Å²) in [6, 6.07) is 19.7. The summed E-state index contributed by atoms with van der Waals surface area (Å²) in [7, 11) is 0. The highest BCUT2D eigenvalue weighted by molar-refractivity contribution is 9.10. The minimum absolute atomic E-state index is 0.0316. The summed E-state index contributed by atoms with van der Waals surface area (Å²) in [4.78, 5) is 28.8. The molecule has 1 heterocycles. The molecule has 0 radical (unpaired) electrons. The van der Waals surface area contributed by atoms with Gasteiger partial charge in [-0.3, -0.25) is 10.2 Å². The lowest BCUT2D eigenvalue weighted by molar-refractivity contribution is 0.0570. The van der Waals surface area contributed by atoms with Gasteiger partial charge in [-0.15, -0.1) is 0 Å². The summed E-state index contributed by atoms with van der Waals surface area (Å²) in [6.45, 7) is 3.98. The van der Waals surface area contributed by atoms with Crippen molar-refractivity contribution < 1.29 is 23.8 Å². The highest BCUT2D eigenvalue weighted by Gasteiger charge is 2.26. The first kappa shape index (κ1) is 27.0. The molecule has 1 aliphatic rings. The summed E-state index contributed by atoms with van der Waals surface area (Å²) >= 11 is 3.43. The van der Waals surface area contributed by atoms with Crippen molar-refractivity contribution in [1.29, 1.82) is 5.41 Å². The number of nitrogens with zero attached hydrogens (tertiary/aromatic N) is 2. The number of amidine groups is 1. The molecule has 9 nitrogen and oxygen atoms in total. The third-order valence-electron chi connectivity index (χ3n) is 5.94. The van der Waals surface area contributed by atoms with Crippen molar-refractivity contribution in [2.75, 3.05) is 32.8 Å². The van der Waals surface area contributed by atoms with Crippen LogP contribution < -0.4 is 15.2 Å². The molecule has 0 aromatic heterocycles. The van der Waals surface area contributed by atoms with Crippen LogP contribution in [0.5, 0.6) is 17.2 Å². The molecule has 0 aliphatic carbocycles. The summed E-state index contributed by atoms with van der Waals surface area (Å²) in [6.07, 6.45) is -0.366. The Kier molecular flexibility index (Phi) is 8.85. The Morgan fingerprint density at radius 2 is 1.50 bits per heavy atom. The van der Waals surface area contributed by atoms with Crippen molar-refractivity contribution in [2.45, 2.75) is 13.5 Å². The van der Waals surface area contributed by atoms with Crippen LogP contribution in [0.1, 0.15) is 28.4 Å². The number of nitrogens with two attached hydrogens (primary N) is 1. The van der Waals surface area contributed by atoms with Crippen LogP contribution in [0.4, 0.5) is 4.79 Å². The fourth-order valence-corrected chi connectivity index (χ4v) is 4.18. The van der Waals surface area contributed by atoms with Crippen LogP contribution in [0.2, 0.25) is 0 Å². The van der Waals surface area contributed by atoms with Crippen LogP contribution in [0.25, 0.3) is 0 Å². The second-order valence-corrected chi connectivity index (χ2v) is 9.54. The Morgan fingerprint density at radius 3 is 2.13 bits per heavy atom. The first-order valence-corrected chi connectivity index (χ1v) is 13.0. The predicted octanol–water partition coefficient (Wildman–Crippen LogP) is 5.02. The normalized spacial score (nSPS) is 13.1. The van der Waals surface area contributed by atoms with Gasteiger partial charge in [0.2, 0.25) is 0 Å². The smallest absolute Gasteiger partial charge is 0.409 e. The highest BCUT2D eigenvalue weighted by Crippen LogP contribution is 2.29. The number of benzene rings is 3. The largest absolute Gasteiger partial charge is 0.489 e. The maximum Gasteiger partial charge on any atom is 0.409 e. The first-order chi connectivity index (χ1) is 18.3.